The second-order valence-corrected chi connectivity index (χ2v) is 4.84. The molecule has 0 amide bonds. The van der Waals surface area contributed by atoms with Gasteiger partial charge in [-0.1, -0.05) is 37.6 Å². The van der Waals surface area contributed by atoms with Crippen molar-refractivity contribution in [3.05, 3.63) is 54.6 Å². The molecule has 0 heterocycles. The van der Waals surface area contributed by atoms with Crippen LogP contribution in [0.1, 0.15) is 19.8 Å². The zero-order valence-electron chi connectivity index (χ0n) is 12.5. The van der Waals surface area contributed by atoms with Crippen LogP contribution >= 0.6 is 0 Å². The van der Waals surface area contributed by atoms with Gasteiger partial charge in [-0.05, 0) is 30.7 Å². The van der Waals surface area contributed by atoms with E-state index in [4.69, 9.17) is 9.47 Å². The number of rotatable bonds is 9. The van der Waals surface area contributed by atoms with Gasteiger partial charge in [0, 0.05) is 24.9 Å². The molecule has 0 aromatic heterocycles. The number of anilines is 1. The highest BCUT2D eigenvalue weighted by Gasteiger charge is 1.98. The zero-order valence-corrected chi connectivity index (χ0v) is 12.5. The first-order valence-corrected chi connectivity index (χ1v) is 7.53. The highest BCUT2D eigenvalue weighted by molar-refractivity contribution is 5.49. The summed E-state index contributed by atoms with van der Waals surface area (Å²) < 4.78 is 11.3. The van der Waals surface area contributed by atoms with Gasteiger partial charge in [-0.2, -0.15) is 0 Å². The van der Waals surface area contributed by atoms with E-state index in [0.717, 1.165) is 43.4 Å². The summed E-state index contributed by atoms with van der Waals surface area (Å²) in [5.41, 5.74) is 1.04. The summed E-state index contributed by atoms with van der Waals surface area (Å²) >= 11 is 0. The molecule has 0 saturated carbocycles. The van der Waals surface area contributed by atoms with Crippen molar-refractivity contribution >= 4 is 5.69 Å². The molecular formula is C18H23NO2. The van der Waals surface area contributed by atoms with Crippen molar-refractivity contribution < 1.29 is 9.47 Å². The number of ether oxygens (including phenoxy) is 2. The Morgan fingerprint density at radius 3 is 2.52 bits per heavy atom. The maximum Gasteiger partial charge on any atom is 0.129 e. The Hall–Kier alpha value is -2.00. The predicted molar refractivity (Wildman–Crippen MR) is 87.2 cm³/mol. The molecule has 0 unspecified atom stereocenters. The Labute approximate surface area is 126 Å². The summed E-state index contributed by atoms with van der Waals surface area (Å²) in [5, 5.41) is 3.34. The van der Waals surface area contributed by atoms with E-state index in [1.165, 1.54) is 6.42 Å². The molecule has 0 aliphatic rings. The van der Waals surface area contributed by atoms with Gasteiger partial charge >= 0.3 is 0 Å². The molecule has 0 saturated heterocycles. The van der Waals surface area contributed by atoms with Crippen LogP contribution in [0.25, 0.3) is 0 Å². The summed E-state index contributed by atoms with van der Waals surface area (Å²) in [5.74, 6) is 1.68. The van der Waals surface area contributed by atoms with Crippen LogP contribution in [0, 0.1) is 0 Å². The van der Waals surface area contributed by atoms with Gasteiger partial charge in [0.25, 0.3) is 0 Å². The molecule has 1 N–H and O–H groups in total. The van der Waals surface area contributed by atoms with Crippen molar-refractivity contribution in [2.24, 2.45) is 0 Å². The first kappa shape index (κ1) is 15.4. The summed E-state index contributed by atoms with van der Waals surface area (Å²) in [6.07, 6.45) is 2.30. The second kappa shape index (κ2) is 9.03. The highest BCUT2D eigenvalue weighted by Crippen LogP contribution is 2.23. The fraction of sp³-hybridized carbons (Fsp3) is 0.333. The number of nitrogens with one attached hydrogen (secondary N) is 1. The molecule has 112 valence electrons. The van der Waals surface area contributed by atoms with Gasteiger partial charge in [-0.15, -0.1) is 0 Å². The van der Waals surface area contributed by atoms with Crippen molar-refractivity contribution in [3.8, 4) is 11.5 Å². The summed E-state index contributed by atoms with van der Waals surface area (Å²) in [6, 6.07) is 17.8. The molecular weight excluding hydrogens is 262 g/mol. The molecule has 0 radical (unpaired) electrons. The van der Waals surface area contributed by atoms with Crippen LogP contribution in [0.5, 0.6) is 11.5 Å². The Kier molecular flexibility index (Phi) is 6.62. The molecule has 0 aliphatic heterocycles. The van der Waals surface area contributed by atoms with Gasteiger partial charge in [0.05, 0.1) is 6.61 Å². The van der Waals surface area contributed by atoms with Crippen LogP contribution in [0.4, 0.5) is 5.69 Å². The quantitative estimate of drug-likeness (QED) is 0.677. The highest BCUT2D eigenvalue weighted by atomic mass is 16.5. The van der Waals surface area contributed by atoms with Gasteiger partial charge in [0.15, 0.2) is 0 Å². The van der Waals surface area contributed by atoms with Crippen LogP contribution in [0.3, 0.4) is 0 Å². The van der Waals surface area contributed by atoms with E-state index >= 15 is 0 Å². The van der Waals surface area contributed by atoms with Gasteiger partial charge in [0.2, 0.25) is 0 Å². The van der Waals surface area contributed by atoms with Crippen molar-refractivity contribution in [2.75, 3.05) is 25.1 Å². The fourth-order valence-electron chi connectivity index (χ4n) is 1.91. The largest absolute Gasteiger partial charge is 0.457 e. The van der Waals surface area contributed by atoms with Crippen LogP contribution in [0.15, 0.2) is 54.6 Å². The fourth-order valence-corrected chi connectivity index (χ4v) is 1.91. The minimum Gasteiger partial charge on any atom is -0.457 e. The van der Waals surface area contributed by atoms with Crippen LogP contribution < -0.4 is 10.1 Å². The SMILES string of the molecule is CCCCOCCNc1cccc(Oc2ccccc2)c1. The number of hydrogen-bond donors (Lipinski definition) is 1. The summed E-state index contributed by atoms with van der Waals surface area (Å²) in [7, 11) is 0. The molecule has 0 fully saturated rings. The van der Waals surface area contributed by atoms with Crippen molar-refractivity contribution in [2.45, 2.75) is 19.8 Å². The van der Waals surface area contributed by atoms with Gasteiger partial charge in [-0.3, -0.25) is 0 Å². The number of hydrogen-bond acceptors (Lipinski definition) is 3. The third kappa shape index (κ3) is 5.88. The van der Waals surface area contributed by atoms with Crippen molar-refractivity contribution in [3.63, 3.8) is 0 Å². The second-order valence-electron chi connectivity index (χ2n) is 4.84. The number of para-hydroxylation sites is 1. The molecule has 0 bridgehead atoms. The monoisotopic (exact) mass is 285 g/mol. The van der Waals surface area contributed by atoms with E-state index in [-0.39, 0.29) is 0 Å². The number of benzene rings is 2. The average molecular weight is 285 g/mol. The molecule has 0 atom stereocenters. The lowest BCUT2D eigenvalue weighted by atomic mass is 10.3. The van der Waals surface area contributed by atoms with Crippen LogP contribution in [0.2, 0.25) is 0 Å². The van der Waals surface area contributed by atoms with E-state index in [2.05, 4.69) is 12.2 Å². The lowest BCUT2D eigenvalue weighted by Gasteiger charge is -2.10. The Morgan fingerprint density at radius 2 is 1.71 bits per heavy atom. The maximum absolute atomic E-state index is 5.81. The van der Waals surface area contributed by atoms with Crippen molar-refractivity contribution in [1.29, 1.82) is 0 Å². The molecule has 0 spiro atoms. The minimum atomic E-state index is 0.726. The number of unbranched alkanes of at least 4 members (excludes halogenated alkanes) is 1. The first-order valence-electron chi connectivity index (χ1n) is 7.53. The third-order valence-electron chi connectivity index (χ3n) is 3.03. The minimum absolute atomic E-state index is 0.726. The summed E-state index contributed by atoms with van der Waals surface area (Å²) in [4.78, 5) is 0. The lowest BCUT2D eigenvalue weighted by molar-refractivity contribution is 0.141. The molecule has 3 heteroatoms. The average Bonchev–Trinajstić information content (AvgIpc) is 2.52. The zero-order chi connectivity index (χ0) is 14.8. The lowest BCUT2D eigenvalue weighted by Crippen LogP contribution is -2.09. The summed E-state index contributed by atoms with van der Waals surface area (Å²) in [6.45, 7) is 4.54. The molecule has 0 aliphatic carbocycles. The van der Waals surface area contributed by atoms with Crippen molar-refractivity contribution in [1.82, 2.24) is 0 Å². The molecule has 3 nitrogen and oxygen atoms in total. The smallest absolute Gasteiger partial charge is 0.129 e. The van der Waals surface area contributed by atoms with Gasteiger partial charge < -0.3 is 14.8 Å². The topological polar surface area (TPSA) is 30.5 Å². The normalized spacial score (nSPS) is 10.3. The molecule has 21 heavy (non-hydrogen) atoms. The van der Waals surface area contributed by atoms with E-state index in [9.17, 15) is 0 Å². The first-order chi connectivity index (χ1) is 10.4. The molecule has 2 aromatic rings. The van der Waals surface area contributed by atoms with E-state index in [0.29, 0.717) is 0 Å². The van der Waals surface area contributed by atoms with Crippen LogP contribution in [-0.2, 0) is 4.74 Å². The van der Waals surface area contributed by atoms with Gasteiger partial charge in [-0.25, -0.2) is 0 Å². The van der Waals surface area contributed by atoms with E-state index < -0.39 is 0 Å². The standard InChI is InChI=1S/C18H23NO2/c1-2-3-13-20-14-12-19-16-8-7-11-18(15-16)21-17-9-5-4-6-10-17/h4-11,15,19H,2-3,12-14H2,1H3. The Morgan fingerprint density at radius 1 is 0.905 bits per heavy atom. The Bertz CT molecular complexity index is 514. The van der Waals surface area contributed by atoms with Crippen LogP contribution in [-0.4, -0.2) is 19.8 Å². The van der Waals surface area contributed by atoms with E-state index in [1.807, 2.05) is 54.6 Å². The third-order valence-corrected chi connectivity index (χ3v) is 3.03. The predicted octanol–water partition coefficient (Wildman–Crippen LogP) is 4.71. The molecule has 2 aromatic carbocycles. The van der Waals surface area contributed by atoms with Gasteiger partial charge in [0.1, 0.15) is 11.5 Å². The Balaban J connectivity index is 1.78. The maximum atomic E-state index is 5.81. The molecule has 2 rings (SSSR count). The van der Waals surface area contributed by atoms with E-state index in [1.54, 1.807) is 0 Å².